The summed E-state index contributed by atoms with van der Waals surface area (Å²) in [5.41, 5.74) is 2.90. The normalized spacial score (nSPS) is 13.4. The van der Waals surface area contributed by atoms with Gasteiger partial charge in [-0.05, 0) is 23.8 Å². The van der Waals surface area contributed by atoms with Gasteiger partial charge in [0.15, 0.2) is 0 Å². The molecule has 0 bridgehead atoms. The number of aromatic amines is 1. The zero-order valence-corrected chi connectivity index (χ0v) is 10.5. The van der Waals surface area contributed by atoms with Crippen molar-refractivity contribution in [1.29, 1.82) is 0 Å². The Morgan fingerprint density at radius 3 is 3.17 bits per heavy atom. The first kappa shape index (κ1) is 11.6. The van der Waals surface area contributed by atoms with Gasteiger partial charge >= 0.3 is 0 Å². The van der Waals surface area contributed by atoms with Crippen LogP contribution < -0.4 is 4.74 Å². The standard InChI is InChI=1S/C13H13ClN2O2/c14-13-12(15-11(16-13)3-5-17)9-1-2-10-8(7-9)4-6-18-10/h1-2,7,17H,3-6H2,(H,15,16). The van der Waals surface area contributed by atoms with Crippen molar-refractivity contribution in [3.63, 3.8) is 0 Å². The van der Waals surface area contributed by atoms with Gasteiger partial charge in [0.05, 0.1) is 13.2 Å². The van der Waals surface area contributed by atoms with Crippen LogP contribution in [0.4, 0.5) is 0 Å². The number of benzene rings is 1. The van der Waals surface area contributed by atoms with Crippen molar-refractivity contribution < 1.29 is 9.84 Å². The van der Waals surface area contributed by atoms with Crippen molar-refractivity contribution in [2.45, 2.75) is 12.8 Å². The molecular weight excluding hydrogens is 252 g/mol. The van der Waals surface area contributed by atoms with Gasteiger partial charge in [0.1, 0.15) is 22.4 Å². The Kier molecular flexibility index (Phi) is 2.97. The van der Waals surface area contributed by atoms with E-state index in [1.807, 2.05) is 12.1 Å². The molecule has 1 aromatic heterocycles. The number of H-pyrrole nitrogens is 1. The molecule has 0 atom stereocenters. The molecule has 3 rings (SSSR count). The molecule has 18 heavy (non-hydrogen) atoms. The third-order valence-corrected chi connectivity index (χ3v) is 3.29. The van der Waals surface area contributed by atoms with Crippen LogP contribution in [-0.2, 0) is 12.8 Å². The zero-order chi connectivity index (χ0) is 12.5. The van der Waals surface area contributed by atoms with Gasteiger partial charge in [0, 0.05) is 18.4 Å². The molecule has 0 spiro atoms. The van der Waals surface area contributed by atoms with Gasteiger partial charge in [-0.25, -0.2) is 4.98 Å². The number of aliphatic hydroxyl groups is 1. The van der Waals surface area contributed by atoms with E-state index in [1.165, 1.54) is 5.56 Å². The van der Waals surface area contributed by atoms with Crippen LogP contribution >= 0.6 is 11.6 Å². The quantitative estimate of drug-likeness (QED) is 0.894. The van der Waals surface area contributed by atoms with E-state index in [1.54, 1.807) is 0 Å². The molecule has 0 saturated heterocycles. The first-order chi connectivity index (χ1) is 8.78. The Balaban J connectivity index is 1.99. The second kappa shape index (κ2) is 4.63. The molecule has 0 unspecified atom stereocenters. The van der Waals surface area contributed by atoms with Gasteiger partial charge in [-0.3, -0.25) is 0 Å². The van der Waals surface area contributed by atoms with E-state index >= 15 is 0 Å². The monoisotopic (exact) mass is 264 g/mol. The fourth-order valence-corrected chi connectivity index (χ4v) is 2.41. The summed E-state index contributed by atoms with van der Waals surface area (Å²) in [5, 5.41) is 9.41. The SMILES string of the molecule is OCCc1nc(-c2ccc3c(c2)CCO3)c(Cl)[nH]1. The van der Waals surface area contributed by atoms with Gasteiger partial charge in [0.25, 0.3) is 0 Å². The fraction of sp³-hybridized carbons (Fsp3) is 0.308. The summed E-state index contributed by atoms with van der Waals surface area (Å²) in [7, 11) is 0. The van der Waals surface area contributed by atoms with E-state index in [2.05, 4.69) is 16.0 Å². The molecule has 1 aliphatic heterocycles. The van der Waals surface area contributed by atoms with Gasteiger partial charge < -0.3 is 14.8 Å². The second-order valence-corrected chi connectivity index (χ2v) is 4.62. The highest BCUT2D eigenvalue weighted by Gasteiger charge is 2.16. The molecule has 0 radical (unpaired) electrons. The van der Waals surface area contributed by atoms with Crippen molar-refractivity contribution >= 4 is 11.6 Å². The maximum absolute atomic E-state index is 8.90. The van der Waals surface area contributed by atoms with Crippen LogP contribution in [0.3, 0.4) is 0 Å². The van der Waals surface area contributed by atoms with E-state index in [4.69, 9.17) is 21.4 Å². The number of rotatable bonds is 3. The van der Waals surface area contributed by atoms with Crippen LogP contribution in [0.1, 0.15) is 11.4 Å². The van der Waals surface area contributed by atoms with E-state index in [9.17, 15) is 0 Å². The number of nitrogens with zero attached hydrogens (tertiary/aromatic N) is 1. The largest absolute Gasteiger partial charge is 0.493 e. The number of imidazole rings is 1. The molecule has 1 aromatic carbocycles. The number of hydrogen-bond donors (Lipinski definition) is 2. The van der Waals surface area contributed by atoms with Crippen LogP contribution in [0.15, 0.2) is 18.2 Å². The van der Waals surface area contributed by atoms with Crippen LogP contribution in [0, 0.1) is 0 Å². The van der Waals surface area contributed by atoms with Crippen LogP contribution in [0.5, 0.6) is 5.75 Å². The smallest absolute Gasteiger partial charge is 0.134 e. The molecule has 1 aliphatic rings. The number of ether oxygens (including phenoxy) is 1. The second-order valence-electron chi connectivity index (χ2n) is 4.24. The van der Waals surface area contributed by atoms with Gasteiger partial charge in [-0.15, -0.1) is 0 Å². The number of aromatic nitrogens is 2. The third kappa shape index (κ3) is 1.98. The predicted molar refractivity (Wildman–Crippen MR) is 69.0 cm³/mol. The molecular formula is C13H13ClN2O2. The summed E-state index contributed by atoms with van der Waals surface area (Å²) in [6.07, 6.45) is 1.41. The van der Waals surface area contributed by atoms with Crippen molar-refractivity contribution in [1.82, 2.24) is 9.97 Å². The molecule has 2 heterocycles. The number of hydrogen-bond acceptors (Lipinski definition) is 3. The number of halogens is 1. The third-order valence-electron chi connectivity index (χ3n) is 3.02. The molecule has 4 nitrogen and oxygen atoms in total. The molecule has 5 heteroatoms. The highest BCUT2D eigenvalue weighted by Crippen LogP contribution is 2.32. The van der Waals surface area contributed by atoms with Gasteiger partial charge in [-0.2, -0.15) is 0 Å². The Labute approximate surface area is 110 Å². The summed E-state index contributed by atoms with van der Waals surface area (Å²) >= 11 is 6.14. The molecule has 2 N–H and O–H groups in total. The maximum Gasteiger partial charge on any atom is 0.134 e. The minimum absolute atomic E-state index is 0.0569. The Hall–Kier alpha value is -1.52. The van der Waals surface area contributed by atoms with Crippen LogP contribution in [-0.4, -0.2) is 28.3 Å². The average Bonchev–Trinajstić information content (AvgIpc) is 2.95. The lowest BCUT2D eigenvalue weighted by Crippen LogP contribution is -1.92. The minimum Gasteiger partial charge on any atom is -0.493 e. The summed E-state index contributed by atoms with van der Waals surface area (Å²) in [6.45, 7) is 0.796. The van der Waals surface area contributed by atoms with E-state index in [0.717, 1.165) is 30.0 Å². The van der Waals surface area contributed by atoms with Crippen molar-refractivity contribution in [2.75, 3.05) is 13.2 Å². The molecule has 2 aromatic rings. The molecule has 0 saturated carbocycles. The average molecular weight is 265 g/mol. The summed E-state index contributed by atoms with van der Waals surface area (Å²) in [5.74, 6) is 1.65. The summed E-state index contributed by atoms with van der Waals surface area (Å²) in [4.78, 5) is 7.38. The van der Waals surface area contributed by atoms with Crippen LogP contribution in [0.25, 0.3) is 11.3 Å². The highest BCUT2D eigenvalue weighted by molar-refractivity contribution is 6.31. The van der Waals surface area contributed by atoms with Crippen molar-refractivity contribution in [2.24, 2.45) is 0 Å². The lowest BCUT2D eigenvalue weighted by atomic mass is 10.1. The Morgan fingerprint density at radius 1 is 1.44 bits per heavy atom. The van der Waals surface area contributed by atoms with E-state index in [0.29, 0.717) is 17.4 Å². The maximum atomic E-state index is 8.90. The molecule has 0 fully saturated rings. The first-order valence-corrected chi connectivity index (χ1v) is 6.27. The lowest BCUT2D eigenvalue weighted by molar-refractivity contribution is 0.297. The Bertz CT molecular complexity index is 580. The molecule has 0 amide bonds. The number of aliphatic hydroxyl groups excluding tert-OH is 1. The number of nitrogens with one attached hydrogen (secondary N) is 1. The van der Waals surface area contributed by atoms with E-state index < -0.39 is 0 Å². The molecule has 94 valence electrons. The lowest BCUT2D eigenvalue weighted by Gasteiger charge is -2.01. The topological polar surface area (TPSA) is 58.1 Å². The van der Waals surface area contributed by atoms with Crippen molar-refractivity contribution in [3.8, 4) is 17.0 Å². The van der Waals surface area contributed by atoms with Crippen LogP contribution in [0.2, 0.25) is 5.15 Å². The molecule has 0 aliphatic carbocycles. The predicted octanol–water partition coefficient (Wildman–Crippen LogP) is 2.20. The Morgan fingerprint density at radius 2 is 2.33 bits per heavy atom. The minimum atomic E-state index is 0.0569. The van der Waals surface area contributed by atoms with Crippen molar-refractivity contribution in [3.05, 3.63) is 34.7 Å². The summed E-state index contributed by atoms with van der Waals surface area (Å²) < 4.78 is 5.47. The number of fused-ring (bicyclic) bond motifs is 1. The summed E-state index contributed by atoms with van der Waals surface area (Å²) in [6, 6.07) is 5.97. The first-order valence-electron chi connectivity index (χ1n) is 5.89. The van der Waals surface area contributed by atoms with Gasteiger partial charge in [-0.1, -0.05) is 11.6 Å². The zero-order valence-electron chi connectivity index (χ0n) is 9.74. The van der Waals surface area contributed by atoms with Gasteiger partial charge in [0.2, 0.25) is 0 Å². The van der Waals surface area contributed by atoms with E-state index in [-0.39, 0.29) is 6.61 Å². The highest BCUT2D eigenvalue weighted by atomic mass is 35.5. The fourth-order valence-electron chi connectivity index (χ4n) is 2.15.